The summed E-state index contributed by atoms with van der Waals surface area (Å²) in [6, 6.07) is 8.20. The molecule has 1 aliphatic heterocycles. The molecular weight excluding hydrogens is 218 g/mol. The summed E-state index contributed by atoms with van der Waals surface area (Å²) >= 11 is 0. The lowest BCUT2D eigenvalue weighted by atomic mass is 10.2. The van der Waals surface area contributed by atoms with Gasteiger partial charge in [-0.25, -0.2) is 4.79 Å². The van der Waals surface area contributed by atoms with E-state index in [1.807, 2.05) is 24.3 Å². The largest absolute Gasteiger partial charge is 0.482 e. The number of anilines is 1. The highest BCUT2D eigenvalue weighted by Crippen LogP contribution is 2.26. The molecule has 1 heterocycles. The SMILES string of the molecule is CC1CCCN1c1ccc(OCC(=O)O)cc1. The number of aliphatic carboxylic acids is 1. The van der Waals surface area contributed by atoms with Gasteiger partial charge in [-0.05, 0) is 44.0 Å². The monoisotopic (exact) mass is 235 g/mol. The number of hydrogen-bond donors (Lipinski definition) is 1. The first kappa shape index (κ1) is 11.8. The molecule has 0 aliphatic carbocycles. The van der Waals surface area contributed by atoms with E-state index in [-0.39, 0.29) is 6.61 Å². The zero-order chi connectivity index (χ0) is 12.3. The van der Waals surface area contributed by atoms with Crippen LogP contribution in [0.25, 0.3) is 0 Å². The van der Waals surface area contributed by atoms with Gasteiger partial charge in [-0.1, -0.05) is 0 Å². The maximum atomic E-state index is 10.4. The van der Waals surface area contributed by atoms with E-state index in [0.29, 0.717) is 11.8 Å². The van der Waals surface area contributed by atoms with Gasteiger partial charge < -0.3 is 14.7 Å². The van der Waals surface area contributed by atoms with Crippen LogP contribution in [0.2, 0.25) is 0 Å². The van der Waals surface area contributed by atoms with Gasteiger partial charge in [-0.15, -0.1) is 0 Å². The summed E-state index contributed by atoms with van der Waals surface area (Å²) in [4.78, 5) is 12.7. The molecule has 0 amide bonds. The Kier molecular flexibility index (Phi) is 3.52. The summed E-state index contributed by atoms with van der Waals surface area (Å²) in [7, 11) is 0. The lowest BCUT2D eigenvalue weighted by Gasteiger charge is -2.23. The molecule has 0 radical (unpaired) electrons. The first-order valence-electron chi connectivity index (χ1n) is 5.88. The van der Waals surface area contributed by atoms with Crippen molar-refractivity contribution >= 4 is 11.7 Å². The Hall–Kier alpha value is -1.71. The predicted octanol–water partition coefficient (Wildman–Crippen LogP) is 2.14. The molecule has 0 aromatic heterocycles. The third-order valence-corrected chi connectivity index (χ3v) is 3.08. The molecule has 1 aromatic rings. The standard InChI is InChI=1S/C13H17NO3/c1-10-3-2-8-14(10)11-4-6-12(7-5-11)17-9-13(15)16/h4-7,10H,2-3,8-9H2,1H3,(H,15,16). The molecule has 17 heavy (non-hydrogen) atoms. The molecule has 0 spiro atoms. The minimum atomic E-state index is -0.956. The van der Waals surface area contributed by atoms with E-state index in [2.05, 4.69) is 11.8 Å². The topological polar surface area (TPSA) is 49.8 Å². The Morgan fingerprint density at radius 3 is 2.71 bits per heavy atom. The number of benzene rings is 1. The van der Waals surface area contributed by atoms with E-state index in [0.717, 1.165) is 6.54 Å². The van der Waals surface area contributed by atoms with Gasteiger partial charge in [-0.2, -0.15) is 0 Å². The normalized spacial score (nSPS) is 19.4. The zero-order valence-corrected chi connectivity index (χ0v) is 9.93. The van der Waals surface area contributed by atoms with Gasteiger partial charge in [0.1, 0.15) is 5.75 Å². The number of rotatable bonds is 4. The Labute approximate surface area is 101 Å². The zero-order valence-electron chi connectivity index (χ0n) is 9.93. The van der Waals surface area contributed by atoms with Gasteiger partial charge in [0, 0.05) is 18.3 Å². The van der Waals surface area contributed by atoms with Crippen LogP contribution in [0.1, 0.15) is 19.8 Å². The van der Waals surface area contributed by atoms with Crippen molar-refractivity contribution in [3.8, 4) is 5.75 Å². The van der Waals surface area contributed by atoms with Gasteiger partial charge in [0.25, 0.3) is 0 Å². The van der Waals surface area contributed by atoms with Crippen molar-refractivity contribution < 1.29 is 14.6 Å². The van der Waals surface area contributed by atoms with Crippen molar-refractivity contribution in [1.82, 2.24) is 0 Å². The lowest BCUT2D eigenvalue weighted by molar-refractivity contribution is -0.139. The fourth-order valence-corrected chi connectivity index (χ4v) is 2.20. The number of ether oxygens (including phenoxy) is 1. The van der Waals surface area contributed by atoms with E-state index in [1.165, 1.54) is 18.5 Å². The highest BCUT2D eigenvalue weighted by atomic mass is 16.5. The summed E-state index contributed by atoms with van der Waals surface area (Å²) in [6.07, 6.45) is 2.47. The fourth-order valence-electron chi connectivity index (χ4n) is 2.20. The van der Waals surface area contributed by atoms with Crippen LogP contribution in [-0.2, 0) is 4.79 Å². The smallest absolute Gasteiger partial charge is 0.341 e. The molecule has 92 valence electrons. The molecule has 1 saturated heterocycles. The molecular formula is C13H17NO3. The highest BCUT2D eigenvalue weighted by molar-refractivity contribution is 5.68. The molecule has 0 saturated carbocycles. The van der Waals surface area contributed by atoms with Crippen molar-refractivity contribution in [2.75, 3.05) is 18.1 Å². The average Bonchev–Trinajstić information content (AvgIpc) is 2.73. The van der Waals surface area contributed by atoms with E-state index in [1.54, 1.807) is 0 Å². The molecule has 1 aliphatic rings. The van der Waals surface area contributed by atoms with Crippen molar-refractivity contribution in [2.45, 2.75) is 25.8 Å². The minimum absolute atomic E-state index is 0.292. The number of carboxylic acid groups (broad SMARTS) is 1. The van der Waals surface area contributed by atoms with Gasteiger partial charge in [0.15, 0.2) is 6.61 Å². The third kappa shape index (κ3) is 2.90. The van der Waals surface area contributed by atoms with Crippen LogP contribution in [0, 0.1) is 0 Å². The van der Waals surface area contributed by atoms with E-state index in [9.17, 15) is 4.79 Å². The fraction of sp³-hybridized carbons (Fsp3) is 0.462. The van der Waals surface area contributed by atoms with Crippen LogP contribution in [0.3, 0.4) is 0 Å². The van der Waals surface area contributed by atoms with Crippen molar-refractivity contribution in [2.24, 2.45) is 0 Å². The Balaban J connectivity index is 2.00. The molecule has 2 rings (SSSR count). The van der Waals surface area contributed by atoms with E-state index < -0.39 is 5.97 Å². The Morgan fingerprint density at radius 2 is 2.18 bits per heavy atom. The first-order valence-corrected chi connectivity index (χ1v) is 5.88. The van der Waals surface area contributed by atoms with Gasteiger partial charge >= 0.3 is 5.97 Å². The van der Waals surface area contributed by atoms with E-state index >= 15 is 0 Å². The summed E-state index contributed by atoms with van der Waals surface area (Å²) in [6.45, 7) is 3.03. The highest BCUT2D eigenvalue weighted by Gasteiger charge is 2.20. The number of carbonyl (C=O) groups is 1. The van der Waals surface area contributed by atoms with Crippen LogP contribution < -0.4 is 9.64 Å². The lowest BCUT2D eigenvalue weighted by Crippen LogP contribution is -2.25. The van der Waals surface area contributed by atoms with Crippen LogP contribution in [0.5, 0.6) is 5.75 Å². The van der Waals surface area contributed by atoms with Gasteiger partial charge in [-0.3, -0.25) is 0 Å². The second-order valence-electron chi connectivity index (χ2n) is 4.36. The summed E-state index contributed by atoms with van der Waals surface area (Å²) in [5.74, 6) is -0.356. The first-order chi connectivity index (χ1) is 8.16. The van der Waals surface area contributed by atoms with Crippen LogP contribution >= 0.6 is 0 Å². The number of hydrogen-bond acceptors (Lipinski definition) is 3. The van der Waals surface area contributed by atoms with E-state index in [4.69, 9.17) is 9.84 Å². The number of nitrogens with zero attached hydrogens (tertiary/aromatic N) is 1. The summed E-state index contributed by atoms with van der Waals surface area (Å²) < 4.78 is 5.09. The van der Waals surface area contributed by atoms with Crippen LogP contribution in [0.4, 0.5) is 5.69 Å². The molecule has 1 fully saturated rings. The molecule has 0 bridgehead atoms. The van der Waals surface area contributed by atoms with Crippen molar-refractivity contribution in [3.63, 3.8) is 0 Å². The van der Waals surface area contributed by atoms with Gasteiger partial charge in [0.05, 0.1) is 0 Å². The summed E-state index contributed by atoms with van der Waals surface area (Å²) in [5, 5.41) is 8.50. The van der Waals surface area contributed by atoms with Gasteiger partial charge in [0.2, 0.25) is 0 Å². The maximum Gasteiger partial charge on any atom is 0.341 e. The third-order valence-electron chi connectivity index (χ3n) is 3.08. The molecule has 4 heteroatoms. The Morgan fingerprint density at radius 1 is 1.47 bits per heavy atom. The second kappa shape index (κ2) is 5.08. The van der Waals surface area contributed by atoms with Crippen molar-refractivity contribution in [1.29, 1.82) is 0 Å². The quantitative estimate of drug-likeness (QED) is 0.868. The molecule has 4 nitrogen and oxygen atoms in total. The second-order valence-corrected chi connectivity index (χ2v) is 4.36. The summed E-state index contributed by atoms with van der Waals surface area (Å²) in [5.41, 5.74) is 1.18. The minimum Gasteiger partial charge on any atom is -0.482 e. The molecule has 1 N–H and O–H groups in total. The van der Waals surface area contributed by atoms with Crippen molar-refractivity contribution in [3.05, 3.63) is 24.3 Å². The van der Waals surface area contributed by atoms with Crippen LogP contribution in [0.15, 0.2) is 24.3 Å². The maximum absolute atomic E-state index is 10.4. The Bertz CT molecular complexity index is 388. The number of carboxylic acids is 1. The predicted molar refractivity (Wildman–Crippen MR) is 65.6 cm³/mol. The van der Waals surface area contributed by atoms with Crippen LogP contribution in [-0.4, -0.2) is 30.3 Å². The average molecular weight is 235 g/mol. The molecule has 1 atom stereocenters. The molecule has 1 unspecified atom stereocenters. The molecule has 1 aromatic carbocycles.